The zero-order chi connectivity index (χ0) is 19.7. The van der Waals surface area contributed by atoms with Gasteiger partial charge in [0.25, 0.3) is 0 Å². The summed E-state index contributed by atoms with van der Waals surface area (Å²) in [5.74, 6) is -0.868. The van der Waals surface area contributed by atoms with Gasteiger partial charge in [-0.3, -0.25) is 9.59 Å². The molecule has 5 nitrogen and oxygen atoms in total. The first-order valence-corrected chi connectivity index (χ1v) is 9.48. The third kappa shape index (κ3) is 4.21. The first-order valence-electron chi connectivity index (χ1n) is 9.10. The maximum absolute atomic E-state index is 13.5. The molecule has 1 aliphatic heterocycles. The molecule has 3 aliphatic rings. The fraction of sp³-hybridized carbons (Fsp3) is 0.450. The lowest BCUT2D eigenvalue weighted by Gasteiger charge is -2.29. The van der Waals surface area contributed by atoms with E-state index in [1.807, 2.05) is 26.8 Å². The minimum Gasteiger partial charge on any atom is -0.345 e. The van der Waals surface area contributed by atoms with Crippen LogP contribution in [0, 0.1) is 17.8 Å². The van der Waals surface area contributed by atoms with Crippen molar-refractivity contribution in [3.05, 3.63) is 46.3 Å². The molecule has 0 saturated heterocycles. The van der Waals surface area contributed by atoms with E-state index in [1.54, 1.807) is 6.08 Å². The van der Waals surface area contributed by atoms with Crippen molar-refractivity contribution in [2.24, 2.45) is 22.9 Å². The van der Waals surface area contributed by atoms with Gasteiger partial charge in [0.1, 0.15) is 5.83 Å². The first-order chi connectivity index (χ1) is 12.8. The zero-order valence-corrected chi connectivity index (χ0v) is 16.3. The van der Waals surface area contributed by atoms with Crippen LogP contribution in [0.3, 0.4) is 0 Å². The topological polar surface area (TPSA) is 70.6 Å². The van der Waals surface area contributed by atoms with Gasteiger partial charge in [-0.25, -0.2) is 9.82 Å². The van der Waals surface area contributed by atoms with Crippen LogP contribution in [0.5, 0.6) is 0 Å². The van der Waals surface area contributed by atoms with E-state index in [1.165, 1.54) is 12.2 Å². The number of hydrazone groups is 1. The Morgan fingerprint density at radius 1 is 1.30 bits per heavy atom. The van der Waals surface area contributed by atoms with Gasteiger partial charge >= 0.3 is 0 Å². The highest BCUT2D eigenvalue weighted by molar-refractivity contribution is 6.36. The summed E-state index contributed by atoms with van der Waals surface area (Å²) in [5, 5.41) is 7.59. The Labute approximate surface area is 163 Å². The predicted octanol–water partition coefficient (Wildman–Crippen LogP) is 3.50. The van der Waals surface area contributed by atoms with Crippen molar-refractivity contribution in [2.75, 3.05) is 0 Å². The summed E-state index contributed by atoms with van der Waals surface area (Å²) < 4.78 is 13.5. The Balaban J connectivity index is 1.76. The van der Waals surface area contributed by atoms with E-state index in [-0.39, 0.29) is 41.4 Å². The summed E-state index contributed by atoms with van der Waals surface area (Å²) in [7, 11) is 0. The molecule has 0 spiro atoms. The van der Waals surface area contributed by atoms with E-state index in [0.717, 1.165) is 11.3 Å². The minimum absolute atomic E-state index is 0.0288. The predicted molar refractivity (Wildman–Crippen MR) is 104 cm³/mol. The fourth-order valence-electron chi connectivity index (χ4n) is 3.50. The largest absolute Gasteiger partial charge is 0.345 e. The van der Waals surface area contributed by atoms with Crippen LogP contribution < -0.4 is 10.7 Å². The van der Waals surface area contributed by atoms with E-state index in [0.29, 0.717) is 23.4 Å². The van der Waals surface area contributed by atoms with E-state index in [9.17, 15) is 14.0 Å². The fourth-order valence-corrected chi connectivity index (χ4v) is 3.79. The van der Waals surface area contributed by atoms with Crippen molar-refractivity contribution in [2.45, 2.75) is 39.7 Å². The van der Waals surface area contributed by atoms with Crippen LogP contribution in [-0.4, -0.2) is 23.6 Å². The summed E-state index contributed by atoms with van der Waals surface area (Å²) in [6, 6.07) is -0.301. The second-order valence-corrected chi connectivity index (χ2v) is 7.82. The number of nitrogens with zero attached hydrogens (tertiary/aromatic N) is 1. The molecule has 0 fully saturated rings. The number of hydrogen-bond donors (Lipinski definition) is 2. The number of carbonyl (C=O) groups is 2. The monoisotopic (exact) mass is 391 g/mol. The van der Waals surface area contributed by atoms with Gasteiger partial charge in [0.05, 0.1) is 11.8 Å². The van der Waals surface area contributed by atoms with E-state index in [2.05, 4.69) is 15.8 Å². The van der Waals surface area contributed by atoms with Gasteiger partial charge in [0.2, 0.25) is 11.8 Å². The second kappa shape index (κ2) is 7.80. The highest BCUT2D eigenvalue weighted by Crippen LogP contribution is 2.31. The van der Waals surface area contributed by atoms with Crippen molar-refractivity contribution in [3.63, 3.8) is 0 Å². The maximum atomic E-state index is 13.5. The Hall–Kier alpha value is -2.21. The Morgan fingerprint density at radius 3 is 2.74 bits per heavy atom. The van der Waals surface area contributed by atoms with Crippen molar-refractivity contribution < 1.29 is 14.0 Å². The van der Waals surface area contributed by atoms with Gasteiger partial charge in [-0.05, 0) is 36.5 Å². The van der Waals surface area contributed by atoms with Crippen LogP contribution in [-0.2, 0) is 9.59 Å². The Kier molecular flexibility index (Phi) is 5.65. The molecule has 0 aromatic rings. The molecular formula is C20H23ClFN3O2. The highest BCUT2D eigenvalue weighted by Gasteiger charge is 2.30. The van der Waals surface area contributed by atoms with Crippen molar-refractivity contribution in [1.29, 1.82) is 0 Å². The van der Waals surface area contributed by atoms with Crippen LogP contribution in [0.2, 0.25) is 0 Å². The molecule has 27 heavy (non-hydrogen) atoms. The van der Waals surface area contributed by atoms with Crippen molar-refractivity contribution in [3.8, 4) is 0 Å². The van der Waals surface area contributed by atoms with Crippen molar-refractivity contribution in [1.82, 2.24) is 10.7 Å². The van der Waals surface area contributed by atoms with Crippen LogP contribution in [0.25, 0.3) is 0 Å². The molecule has 2 amide bonds. The van der Waals surface area contributed by atoms with Crippen LogP contribution in [0.4, 0.5) is 4.39 Å². The van der Waals surface area contributed by atoms with Crippen molar-refractivity contribution >= 4 is 29.1 Å². The van der Waals surface area contributed by atoms with Crippen LogP contribution >= 0.6 is 11.6 Å². The third-order valence-electron chi connectivity index (χ3n) is 5.17. The smallest absolute Gasteiger partial charge is 0.248 e. The maximum Gasteiger partial charge on any atom is 0.248 e. The number of rotatable bonds is 3. The number of hydrogen-bond acceptors (Lipinski definition) is 3. The van der Waals surface area contributed by atoms with Gasteiger partial charge in [0, 0.05) is 28.5 Å². The normalized spacial score (nSPS) is 31.0. The second-order valence-electron chi connectivity index (χ2n) is 7.42. The van der Waals surface area contributed by atoms with Crippen LogP contribution in [0.1, 0.15) is 33.6 Å². The molecule has 0 aromatic heterocycles. The number of allylic oxidation sites excluding steroid dienone is 5. The molecule has 0 saturated carbocycles. The Morgan fingerprint density at radius 2 is 2.04 bits per heavy atom. The van der Waals surface area contributed by atoms with Gasteiger partial charge in [-0.1, -0.05) is 38.4 Å². The average Bonchev–Trinajstić information content (AvgIpc) is 2.60. The summed E-state index contributed by atoms with van der Waals surface area (Å²) in [6.07, 6.45) is 7.39. The van der Waals surface area contributed by atoms with E-state index >= 15 is 0 Å². The average molecular weight is 392 g/mol. The number of carbonyl (C=O) groups excluding carboxylic acids is 2. The molecule has 1 heterocycles. The molecule has 4 unspecified atom stereocenters. The molecule has 0 aromatic carbocycles. The SMILES string of the molecule is CC1CC=C(F)C=C1C(=O)NC1C=C(Cl)C(C2=NNC(=O)CC2C)=CC1C. The van der Waals surface area contributed by atoms with Crippen LogP contribution in [0.15, 0.2) is 51.4 Å². The van der Waals surface area contributed by atoms with Gasteiger partial charge in [0.15, 0.2) is 0 Å². The molecule has 2 N–H and O–H groups in total. The standard InChI is InChI=1S/C20H23ClFN3O2/c1-10-4-5-13(22)8-14(10)20(27)23-17-9-16(21)15(6-11(17)2)19-12(3)7-18(26)24-25-19/h5-6,8-12,17H,4,7H2,1-3H3,(H,23,27)(H,24,26). The molecular weight excluding hydrogens is 369 g/mol. The third-order valence-corrected chi connectivity index (χ3v) is 5.49. The summed E-state index contributed by atoms with van der Waals surface area (Å²) >= 11 is 6.46. The molecule has 3 rings (SSSR count). The zero-order valence-electron chi connectivity index (χ0n) is 15.6. The quantitative estimate of drug-likeness (QED) is 0.772. The van der Waals surface area contributed by atoms with E-state index < -0.39 is 0 Å². The Bertz CT molecular complexity index is 825. The van der Waals surface area contributed by atoms with E-state index in [4.69, 9.17) is 11.6 Å². The summed E-state index contributed by atoms with van der Waals surface area (Å²) in [5.41, 5.74) is 4.45. The molecule has 2 aliphatic carbocycles. The molecule has 0 radical (unpaired) electrons. The highest BCUT2D eigenvalue weighted by atomic mass is 35.5. The minimum atomic E-state index is -0.378. The first kappa shape index (κ1) is 19.5. The van der Waals surface area contributed by atoms with Gasteiger partial charge in [-0.15, -0.1) is 0 Å². The summed E-state index contributed by atoms with van der Waals surface area (Å²) in [6.45, 7) is 5.80. The number of nitrogens with one attached hydrogen (secondary N) is 2. The summed E-state index contributed by atoms with van der Waals surface area (Å²) in [4.78, 5) is 24.1. The van der Waals surface area contributed by atoms with Gasteiger partial charge in [-0.2, -0.15) is 5.10 Å². The molecule has 0 bridgehead atoms. The lowest BCUT2D eigenvalue weighted by molar-refractivity contribution is -0.122. The lowest BCUT2D eigenvalue weighted by Crippen LogP contribution is -2.41. The molecule has 4 atom stereocenters. The van der Waals surface area contributed by atoms with Gasteiger partial charge < -0.3 is 5.32 Å². The lowest BCUT2D eigenvalue weighted by atomic mass is 9.85. The number of halogens is 2. The molecule has 7 heteroatoms. The number of amides is 2. The molecule has 144 valence electrons.